The summed E-state index contributed by atoms with van der Waals surface area (Å²) >= 11 is 0. The van der Waals surface area contributed by atoms with Crippen LogP contribution in [0.2, 0.25) is 0 Å². The maximum absolute atomic E-state index is 12.0. The number of hydrogen-bond acceptors (Lipinski definition) is 2. The van der Waals surface area contributed by atoms with E-state index in [2.05, 4.69) is 21.7 Å². The van der Waals surface area contributed by atoms with Gasteiger partial charge in [0.1, 0.15) is 5.69 Å². The number of nitrogens with one attached hydrogen (secondary N) is 3. The molecule has 1 aromatic carbocycles. The molecule has 0 aliphatic carbocycles. The van der Waals surface area contributed by atoms with Crippen LogP contribution in [0.3, 0.4) is 0 Å². The van der Waals surface area contributed by atoms with Crippen molar-refractivity contribution in [1.29, 1.82) is 0 Å². The first-order chi connectivity index (χ1) is 9.47. The molecule has 106 valence electrons. The zero-order valence-electron chi connectivity index (χ0n) is 12.0. The molecule has 0 saturated heterocycles. The second kappa shape index (κ2) is 5.77. The molecule has 0 atom stereocenters. The van der Waals surface area contributed by atoms with Crippen LogP contribution in [0.25, 0.3) is 10.9 Å². The van der Waals surface area contributed by atoms with E-state index in [9.17, 15) is 9.59 Å². The molecule has 2 rings (SSSR count). The number of rotatable bonds is 4. The highest BCUT2D eigenvalue weighted by molar-refractivity contribution is 5.99. The van der Waals surface area contributed by atoms with Gasteiger partial charge >= 0.3 is 0 Å². The highest BCUT2D eigenvalue weighted by Gasteiger charge is 2.10. The number of aryl methyl sites for hydroxylation is 2. The molecule has 0 spiro atoms. The van der Waals surface area contributed by atoms with E-state index in [0.717, 1.165) is 22.0 Å². The van der Waals surface area contributed by atoms with Gasteiger partial charge < -0.3 is 15.6 Å². The fourth-order valence-electron chi connectivity index (χ4n) is 2.23. The lowest BCUT2D eigenvalue weighted by Crippen LogP contribution is -2.33. The predicted octanol–water partition coefficient (Wildman–Crippen LogP) is 1.65. The molecular formula is C15H19N3O2. The molecule has 0 aliphatic heterocycles. The molecule has 1 heterocycles. The van der Waals surface area contributed by atoms with E-state index in [4.69, 9.17) is 0 Å². The minimum atomic E-state index is -0.163. The second-order valence-electron chi connectivity index (χ2n) is 4.96. The van der Waals surface area contributed by atoms with Crippen LogP contribution < -0.4 is 10.6 Å². The van der Waals surface area contributed by atoms with Crippen LogP contribution in [0.4, 0.5) is 0 Å². The van der Waals surface area contributed by atoms with Gasteiger partial charge in [0.05, 0.1) is 0 Å². The highest BCUT2D eigenvalue weighted by Crippen LogP contribution is 2.21. The number of carbonyl (C=O) groups is 2. The highest BCUT2D eigenvalue weighted by atomic mass is 16.2. The van der Waals surface area contributed by atoms with Crippen LogP contribution in [0, 0.1) is 13.8 Å². The molecule has 3 N–H and O–H groups in total. The van der Waals surface area contributed by atoms with Gasteiger partial charge in [-0.2, -0.15) is 0 Å². The largest absolute Gasteiger partial charge is 0.355 e. The molecule has 5 heteroatoms. The number of carbonyl (C=O) groups excluding carboxylic acids is 2. The molecule has 1 aromatic heterocycles. The summed E-state index contributed by atoms with van der Waals surface area (Å²) in [6.07, 6.45) is 0. The Morgan fingerprint density at radius 1 is 1.10 bits per heavy atom. The van der Waals surface area contributed by atoms with Gasteiger partial charge in [-0.3, -0.25) is 9.59 Å². The second-order valence-corrected chi connectivity index (χ2v) is 4.96. The van der Waals surface area contributed by atoms with Crippen LogP contribution in [-0.4, -0.2) is 29.9 Å². The van der Waals surface area contributed by atoms with Gasteiger partial charge in [0, 0.05) is 30.9 Å². The average molecular weight is 273 g/mol. The summed E-state index contributed by atoms with van der Waals surface area (Å²) in [6, 6.07) is 5.98. The topological polar surface area (TPSA) is 74.0 Å². The lowest BCUT2D eigenvalue weighted by atomic mass is 10.1. The van der Waals surface area contributed by atoms with Crippen molar-refractivity contribution in [3.63, 3.8) is 0 Å². The minimum Gasteiger partial charge on any atom is -0.355 e. The van der Waals surface area contributed by atoms with Gasteiger partial charge in [0.25, 0.3) is 5.91 Å². The smallest absolute Gasteiger partial charge is 0.267 e. The Kier molecular flexibility index (Phi) is 4.08. The Balaban J connectivity index is 2.07. The zero-order chi connectivity index (χ0) is 14.7. The van der Waals surface area contributed by atoms with E-state index >= 15 is 0 Å². The van der Waals surface area contributed by atoms with Crippen molar-refractivity contribution in [3.8, 4) is 0 Å². The number of hydrogen-bond donors (Lipinski definition) is 3. The maximum Gasteiger partial charge on any atom is 0.267 e. The number of aromatic amines is 1. The molecule has 0 bridgehead atoms. The van der Waals surface area contributed by atoms with E-state index in [1.165, 1.54) is 6.92 Å². The molecule has 20 heavy (non-hydrogen) atoms. The molecule has 2 aromatic rings. The fourth-order valence-corrected chi connectivity index (χ4v) is 2.23. The Bertz CT molecular complexity index is 658. The first-order valence-electron chi connectivity index (χ1n) is 6.60. The van der Waals surface area contributed by atoms with Gasteiger partial charge in [-0.1, -0.05) is 6.07 Å². The normalized spacial score (nSPS) is 10.6. The van der Waals surface area contributed by atoms with Gasteiger partial charge in [0.2, 0.25) is 5.91 Å². The molecule has 0 radical (unpaired) electrons. The third kappa shape index (κ3) is 3.17. The van der Waals surface area contributed by atoms with Crippen LogP contribution in [0.15, 0.2) is 18.2 Å². The maximum atomic E-state index is 12.0. The van der Waals surface area contributed by atoms with Gasteiger partial charge in [0.15, 0.2) is 0 Å². The number of aromatic nitrogens is 1. The first-order valence-corrected chi connectivity index (χ1v) is 6.60. The third-order valence-corrected chi connectivity index (χ3v) is 3.12. The molecule has 5 nitrogen and oxygen atoms in total. The molecule has 0 saturated carbocycles. The van der Waals surface area contributed by atoms with E-state index in [1.54, 1.807) is 0 Å². The summed E-state index contributed by atoms with van der Waals surface area (Å²) in [5.74, 6) is -0.264. The van der Waals surface area contributed by atoms with E-state index in [-0.39, 0.29) is 11.8 Å². The Labute approximate surface area is 117 Å². The summed E-state index contributed by atoms with van der Waals surface area (Å²) in [6.45, 7) is 6.35. The molecule has 0 aliphatic rings. The molecular weight excluding hydrogens is 254 g/mol. The molecule has 0 unspecified atom stereocenters. The summed E-state index contributed by atoms with van der Waals surface area (Å²) in [5, 5.41) is 6.45. The van der Waals surface area contributed by atoms with Crippen LogP contribution in [0.5, 0.6) is 0 Å². The lowest BCUT2D eigenvalue weighted by Gasteiger charge is -2.03. The van der Waals surface area contributed by atoms with E-state index in [1.807, 2.05) is 26.0 Å². The predicted molar refractivity (Wildman–Crippen MR) is 78.8 cm³/mol. The molecule has 0 fully saturated rings. The SMILES string of the molecule is CC(=O)NCCNC(=O)c1cc2c(C)cc(C)cc2[nH]1. The van der Waals surface area contributed by atoms with Gasteiger partial charge in [-0.05, 0) is 37.1 Å². The van der Waals surface area contributed by atoms with E-state index in [0.29, 0.717) is 18.8 Å². The van der Waals surface area contributed by atoms with Crippen molar-refractivity contribution in [2.24, 2.45) is 0 Å². The average Bonchev–Trinajstić information content (AvgIpc) is 2.78. The summed E-state index contributed by atoms with van der Waals surface area (Å²) in [5.41, 5.74) is 3.81. The lowest BCUT2D eigenvalue weighted by molar-refractivity contribution is -0.118. The van der Waals surface area contributed by atoms with Crippen molar-refractivity contribution >= 4 is 22.7 Å². The van der Waals surface area contributed by atoms with Crippen molar-refractivity contribution in [3.05, 3.63) is 35.0 Å². The van der Waals surface area contributed by atoms with Gasteiger partial charge in [-0.15, -0.1) is 0 Å². The van der Waals surface area contributed by atoms with Crippen molar-refractivity contribution in [2.45, 2.75) is 20.8 Å². The minimum absolute atomic E-state index is 0.101. The van der Waals surface area contributed by atoms with Crippen molar-refractivity contribution in [1.82, 2.24) is 15.6 Å². The van der Waals surface area contributed by atoms with Crippen LogP contribution >= 0.6 is 0 Å². The summed E-state index contributed by atoms with van der Waals surface area (Å²) in [7, 11) is 0. The van der Waals surface area contributed by atoms with E-state index < -0.39 is 0 Å². The zero-order valence-corrected chi connectivity index (χ0v) is 12.0. The summed E-state index contributed by atoms with van der Waals surface area (Å²) < 4.78 is 0. The number of benzene rings is 1. The quantitative estimate of drug-likeness (QED) is 0.741. The third-order valence-electron chi connectivity index (χ3n) is 3.12. The monoisotopic (exact) mass is 273 g/mol. The van der Waals surface area contributed by atoms with Crippen molar-refractivity contribution in [2.75, 3.05) is 13.1 Å². The standard InChI is InChI=1S/C15H19N3O2/c1-9-6-10(2)12-8-14(18-13(12)7-9)15(20)17-5-4-16-11(3)19/h6-8,18H,4-5H2,1-3H3,(H,16,19)(H,17,20). The fraction of sp³-hybridized carbons (Fsp3) is 0.333. The van der Waals surface area contributed by atoms with Crippen LogP contribution in [0.1, 0.15) is 28.5 Å². The van der Waals surface area contributed by atoms with Crippen molar-refractivity contribution < 1.29 is 9.59 Å². The van der Waals surface area contributed by atoms with Crippen LogP contribution in [-0.2, 0) is 4.79 Å². The molecule has 2 amide bonds. The van der Waals surface area contributed by atoms with Gasteiger partial charge in [-0.25, -0.2) is 0 Å². The Hall–Kier alpha value is -2.30. The Morgan fingerprint density at radius 3 is 2.50 bits per heavy atom. The number of fused-ring (bicyclic) bond motifs is 1. The Morgan fingerprint density at radius 2 is 1.80 bits per heavy atom. The first kappa shape index (κ1) is 14.1. The number of amides is 2. The summed E-state index contributed by atoms with van der Waals surface area (Å²) in [4.78, 5) is 25.8. The number of H-pyrrole nitrogens is 1.